The average molecular weight is 211 g/mol. The largest absolute Gasteiger partial charge is 0.431 e. The van der Waals surface area contributed by atoms with Crippen LogP contribution in [0.15, 0.2) is 11.8 Å². The molecule has 1 amide bonds. The van der Waals surface area contributed by atoms with E-state index in [0.717, 1.165) is 25.1 Å². The van der Waals surface area contributed by atoms with Crippen molar-refractivity contribution in [1.82, 2.24) is 4.90 Å². The molecule has 0 atom stereocenters. The van der Waals surface area contributed by atoms with E-state index in [0.29, 0.717) is 12.3 Å². The Morgan fingerprint density at radius 2 is 2.07 bits per heavy atom. The minimum Gasteiger partial charge on any atom is -0.431 e. The number of likely N-dealkylation sites (tertiary alicyclic amines) is 1. The fourth-order valence-electron chi connectivity index (χ4n) is 1.43. The molecule has 2 rings (SSSR count). The van der Waals surface area contributed by atoms with Gasteiger partial charge in [-0.05, 0) is 25.8 Å². The SMILES string of the molecule is CC1=CCC(=O)O1.CN1CCCCC1=O. The summed E-state index contributed by atoms with van der Waals surface area (Å²) < 4.78 is 4.58. The number of allylic oxidation sites excluding steroid dienone is 1. The number of hydrogen-bond acceptors (Lipinski definition) is 3. The maximum Gasteiger partial charge on any atom is 0.314 e. The summed E-state index contributed by atoms with van der Waals surface area (Å²) in [6.45, 7) is 2.73. The molecular formula is C11H17NO3. The van der Waals surface area contributed by atoms with Crippen LogP contribution in [0, 0.1) is 0 Å². The topological polar surface area (TPSA) is 46.6 Å². The van der Waals surface area contributed by atoms with Crippen LogP contribution in [0.4, 0.5) is 0 Å². The zero-order valence-electron chi connectivity index (χ0n) is 9.28. The van der Waals surface area contributed by atoms with Crippen LogP contribution in [0.2, 0.25) is 0 Å². The highest BCUT2D eigenvalue weighted by Crippen LogP contribution is 2.08. The van der Waals surface area contributed by atoms with Gasteiger partial charge < -0.3 is 9.64 Å². The van der Waals surface area contributed by atoms with Crippen LogP contribution in [-0.4, -0.2) is 30.4 Å². The Hall–Kier alpha value is -1.32. The molecule has 1 saturated heterocycles. The number of ether oxygens (including phenoxy) is 1. The van der Waals surface area contributed by atoms with Gasteiger partial charge in [-0.25, -0.2) is 0 Å². The fourth-order valence-corrected chi connectivity index (χ4v) is 1.43. The smallest absolute Gasteiger partial charge is 0.314 e. The lowest BCUT2D eigenvalue weighted by Crippen LogP contribution is -2.31. The lowest BCUT2D eigenvalue weighted by atomic mass is 10.1. The maximum absolute atomic E-state index is 10.7. The van der Waals surface area contributed by atoms with Gasteiger partial charge in [-0.2, -0.15) is 0 Å². The zero-order valence-corrected chi connectivity index (χ0v) is 9.28. The van der Waals surface area contributed by atoms with Crippen LogP contribution in [-0.2, 0) is 14.3 Å². The van der Waals surface area contributed by atoms with Crippen molar-refractivity contribution in [3.63, 3.8) is 0 Å². The van der Waals surface area contributed by atoms with E-state index in [9.17, 15) is 9.59 Å². The molecule has 15 heavy (non-hydrogen) atoms. The minimum atomic E-state index is -0.141. The molecule has 0 spiro atoms. The van der Waals surface area contributed by atoms with Crippen LogP contribution in [0.5, 0.6) is 0 Å². The van der Waals surface area contributed by atoms with E-state index < -0.39 is 0 Å². The second-order valence-electron chi connectivity index (χ2n) is 3.77. The predicted molar refractivity (Wildman–Crippen MR) is 56.0 cm³/mol. The molecule has 0 radical (unpaired) electrons. The van der Waals surface area contributed by atoms with Crippen molar-refractivity contribution in [3.8, 4) is 0 Å². The number of carbonyl (C=O) groups is 2. The van der Waals surface area contributed by atoms with Gasteiger partial charge in [-0.15, -0.1) is 0 Å². The van der Waals surface area contributed by atoms with Crippen molar-refractivity contribution < 1.29 is 14.3 Å². The number of rotatable bonds is 0. The highest BCUT2D eigenvalue weighted by Gasteiger charge is 2.12. The summed E-state index contributed by atoms with van der Waals surface area (Å²) in [5.74, 6) is 0.888. The van der Waals surface area contributed by atoms with E-state index in [1.54, 1.807) is 17.9 Å². The Kier molecular flexibility index (Phi) is 4.34. The summed E-state index contributed by atoms with van der Waals surface area (Å²) in [6, 6.07) is 0. The molecule has 0 unspecified atom stereocenters. The van der Waals surface area contributed by atoms with Crippen LogP contribution in [0.1, 0.15) is 32.6 Å². The van der Waals surface area contributed by atoms with E-state index >= 15 is 0 Å². The molecule has 2 aliphatic heterocycles. The molecule has 4 nitrogen and oxygen atoms in total. The lowest BCUT2D eigenvalue weighted by Gasteiger charge is -2.21. The van der Waals surface area contributed by atoms with Crippen LogP contribution in [0.25, 0.3) is 0 Å². The molecular weight excluding hydrogens is 194 g/mol. The number of hydrogen-bond donors (Lipinski definition) is 0. The standard InChI is InChI=1S/C6H11NO.C5H6O2/c1-7-5-3-2-4-6(7)8;1-4-2-3-5(6)7-4/h2-5H2,1H3;2H,3H2,1H3. The summed E-state index contributed by atoms with van der Waals surface area (Å²) in [7, 11) is 1.86. The van der Waals surface area contributed by atoms with Gasteiger partial charge in [0.05, 0.1) is 6.42 Å². The lowest BCUT2D eigenvalue weighted by molar-refractivity contribution is -0.136. The third-order valence-corrected chi connectivity index (χ3v) is 2.39. The molecule has 2 aliphatic rings. The number of nitrogens with zero attached hydrogens (tertiary/aromatic N) is 1. The number of amides is 1. The van der Waals surface area contributed by atoms with Gasteiger partial charge >= 0.3 is 5.97 Å². The van der Waals surface area contributed by atoms with E-state index in [2.05, 4.69) is 4.74 Å². The summed E-state index contributed by atoms with van der Waals surface area (Å²) in [4.78, 5) is 22.7. The van der Waals surface area contributed by atoms with E-state index in [1.165, 1.54) is 6.42 Å². The Labute approximate surface area is 89.9 Å². The monoisotopic (exact) mass is 211 g/mol. The molecule has 4 heteroatoms. The van der Waals surface area contributed by atoms with Gasteiger partial charge in [0.1, 0.15) is 5.76 Å². The summed E-state index contributed by atoms with van der Waals surface area (Å²) in [6.07, 6.45) is 5.25. The zero-order chi connectivity index (χ0) is 11.3. The quantitative estimate of drug-likeness (QED) is 0.570. The van der Waals surface area contributed by atoms with Crippen molar-refractivity contribution in [1.29, 1.82) is 0 Å². The second kappa shape index (κ2) is 5.53. The first-order valence-corrected chi connectivity index (χ1v) is 5.21. The van der Waals surface area contributed by atoms with E-state index in [-0.39, 0.29) is 5.97 Å². The number of carbonyl (C=O) groups excluding carboxylic acids is 2. The molecule has 2 heterocycles. The first kappa shape index (κ1) is 11.8. The van der Waals surface area contributed by atoms with Gasteiger partial charge in [0.15, 0.2) is 0 Å². The molecule has 84 valence electrons. The molecule has 1 fully saturated rings. The number of esters is 1. The van der Waals surface area contributed by atoms with Crippen molar-refractivity contribution in [3.05, 3.63) is 11.8 Å². The van der Waals surface area contributed by atoms with Gasteiger partial charge in [0.25, 0.3) is 0 Å². The van der Waals surface area contributed by atoms with E-state index in [1.807, 2.05) is 7.05 Å². The molecule has 0 N–H and O–H groups in total. The van der Waals surface area contributed by atoms with Gasteiger partial charge in [0, 0.05) is 20.0 Å². The average Bonchev–Trinajstić information content (AvgIpc) is 2.56. The van der Waals surface area contributed by atoms with Crippen molar-refractivity contribution >= 4 is 11.9 Å². The first-order valence-electron chi connectivity index (χ1n) is 5.21. The Morgan fingerprint density at radius 1 is 1.33 bits per heavy atom. The summed E-state index contributed by atoms with van der Waals surface area (Å²) >= 11 is 0. The third kappa shape index (κ3) is 4.14. The number of piperidine rings is 1. The highest BCUT2D eigenvalue weighted by molar-refractivity contribution is 5.76. The second-order valence-corrected chi connectivity index (χ2v) is 3.77. The Morgan fingerprint density at radius 3 is 2.33 bits per heavy atom. The van der Waals surface area contributed by atoms with Crippen LogP contribution < -0.4 is 0 Å². The summed E-state index contributed by atoms with van der Waals surface area (Å²) in [5, 5.41) is 0. The predicted octanol–water partition coefficient (Wildman–Crippen LogP) is 1.47. The van der Waals surface area contributed by atoms with Gasteiger partial charge in [-0.3, -0.25) is 9.59 Å². The molecule has 0 aromatic heterocycles. The van der Waals surface area contributed by atoms with Crippen LogP contribution >= 0.6 is 0 Å². The Bertz CT molecular complexity index is 284. The summed E-state index contributed by atoms with van der Waals surface area (Å²) in [5.41, 5.74) is 0. The molecule has 0 aliphatic carbocycles. The highest BCUT2D eigenvalue weighted by atomic mass is 16.5. The van der Waals surface area contributed by atoms with E-state index in [4.69, 9.17) is 0 Å². The molecule has 0 bridgehead atoms. The van der Waals surface area contributed by atoms with Crippen molar-refractivity contribution in [2.45, 2.75) is 32.6 Å². The number of cyclic esters (lactones) is 1. The maximum atomic E-state index is 10.7. The fraction of sp³-hybridized carbons (Fsp3) is 0.636. The van der Waals surface area contributed by atoms with Crippen molar-refractivity contribution in [2.75, 3.05) is 13.6 Å². The molecule has 0 aromatic rings. The minimum absolute atomic E-state index is 0.141. The van der Waals surface area contributed by atoms with Crippen LogP contribution in [0.3, 0.4) is 0 Å². The normalized spacial score (nSPS) is 20.4. The van der Waals surface area contributed by atoms with Crippen molar-refractivity contribution in [2.24, 2.45) is 0 Å². The molecule has 0 aromatic carbocycles. The molecule has 0 saturated carbocycles. The van der Waals surface area contributed by atoms with Gasteiger partial charge in [-0.1, -0.05) is 0 Å². The first-order chi connectivity index (χ1) is 7.09. The third-order valence-electron chi connectivity index (χ3n) is 2.39. The Balaban J connectivity index is 0.000000151. The van der Waals surface area contributed by atoms with Gasteiger partial charge in [0.2, 0.25) is 5.91 Å².